The molecular weight excluding hydrogens is 304 g/mol. The van der Waals surface area contributed by atoms with Crippen LogP contribution in [0.3, 0.4) is 0 Å². The second-order valence-electron chi connectivity index (χ2n) is 4.88. The third kappa shape index (κ3) is 4.19. The second kappa shape index (κ2) is 7.77. The molecule has 116 valence electrons. The van der Waals surface area contributed by atoms with E-state index in [1.165, 1.54) is 0 Å². The Hall–Kier alpha value is -2.11. The minimum Gasteiger partial charge on any atom is -0.396 e. The molecule has 0 fully saturated rings. The third-order valence-corrected chi connectivity index (χ3v) is 3.44. The first-order chi connectivity index (χ1) is 10.6. The molecule has 5 nitrogen and oxygen atoms in total. The van der Waals surface area contributed by atoms with E-state index in [9.17, 15) is 9.59 Å². The third-order valence-electron chi connectivity index (χ3n) is 3.20. The van der Waals surface area contributed by atoms with Crippen LogP contribution in [0.4, 0.5) is 0 Å². The van der Waals surface area contributed by atoms with Crippen molar-refractivity contribution < 1.29 is 14.7 Å². The van der Waals surface area contributed by atoms with E-state index in [4.69, 9.17) is 16.7 Å². The zero-order valence-electron chi connectivity index (χ0n) is 12.0. The zero-order valence-corrected chi connectivity index (χ0v) is 12.7. The molecule has 0 spiro atoms. The van der Waals surface area contributed by atoms with Crippen LogP contribution in [0.5, 0.6) is 0 Å². The van der Waals surface area contributed by atoms with Crippen LogP contribution in [0.1, 0.15) is 33.0 Å². The smallest absolute Gasteiger partial charge is 0.270 e. The first-order valence-corrected chi connectivity index (χ1v) is 7.30. The molecule has 0 radical (unpaired) electrons. The molecule has 0 saturated carbocycles. The van der Waals surface area contributed by atoms with Gasteiger partial charge in [0.25, 0.3) is 5.91 Å². The highest BCUT2D eigenvalue weighted by Crippen LogP contribution is 2.15. The molecule has 0 unspecified atom stereocenters. The number of carbonyl (C=O) groups is 2. The fourth-order valence-electron chi connectivity index (χ4n) is 2.15. The Morgan fingerprint density at radius 3 is 2.77 bits per heavy atom. The number of halogens is 1. The van der Waals surface area contributed by atoms with Crippen LogP contribution in [0.25, 0.3) is 0 Å². The van der Waals surface area contributed by atoms with Gasteiger partial charge < -0.3 is 15.0 Å². The van der Waals surface area contributed by atoms with Crippen LogP contribution >= 0.6 is 11.6 Å². The maximum Gasteiger partial charge on any atom is 0.270 e. The summed E-state index contributed by atoms with van der Waals surface area (Å²) in [6, 6.07) is 10.4. The normalized spacial score (nSPS) is 10.5. The fraction of sp³-hybridized carbons (Fsp3) is 0.250. The van der Waals surface area contributed by atoms with Gasteiger partial charge in [-0.3, -0.25) is 9.59 Å². The van der Waals surface area contributed by atoms with E-state index in [1.54, 1.807) is 29.2 Å². The summed E-state index contributed by atoms with van der Waals surface area (Å²) in [4.78, 5) is 27.6. The minimum absolute atomic E-state index is 0.00361. The lowest BCUT2D eigenvalue weighted by molar-refractivity contribution is 0.0726. The molecule has 1 aromatic carbocycles. The molecule has 0 aliphatic carbocycles. The number of benzene rings is 1. The Labute approximate surface area is 133 Å². The molecule has 0 aliphatic rings. The lowest BCUT2D eigenvalue weighted by Crippen LogP contribution is -2.32. The number of nitrogens with one attached hydrogen (secondary N) is 1. The van der Waals surface area contributed by atoms with Gasteiger partial charge in [0.05, 0.1) is 5.69 Å². The monoisotopic (exact) mass is 320 g/mol. The van der Waals surface area contributed by atoms with E-state index >= 15 is 0 Å². The summed E-state index contributed by atoms with van der Waals surface area (Å²) in [6.07, 6.45) is 1.14. The molecule has 2 N–H and O–H groups in total. The van der Waals surface area contributed by atoms with Gasteiger partial charge in [0.2, 0.25) is 0 Å². The van der Waals surface area contributed by atoms with E-state index < -0.39 is 0 Å². The number of carbonyl (C=O) groups excluding carboxylic acids is 2. The van der Waals surface area contributed by atoms with Crippen molar-refractivity contribution in [3.05, 3.63) is 58.4 Å². The second-order valence-corrected chi connectivity index (χ2v) is 5.32. The number of amides is 1. The van der Waals surface area contributed by atoms with Crippen molar-refractivity contribution in [2.75, 3.05) is 13.2 Å². The molecule has 2 rings (SSSR count). The summed E-state index contributed by atoms with van der Waals surface area (Å²) in [5, 5.41) is 9.61. The molecule has 0 saturated heterocycles. The summed E-state index contributed by atoms with van der Waals surface area (Å²) in [7, 11) is 0. The molecule has 0 aliphatic heterocycles. The molecular formula is C16H17ClN2O3. The molecule has 22 heavy (non-hydrogen) atoms. The first-order valence-electron chi connectivity index (χ1n) is 6.93. The van der Waals surface area contributed by atoms with Gasteiger partial charge in [-0.05, 0) is 36.2 Å². The number of nitrogens with zero attached hydrogens (tertiary/aromatic N) is 1. The Balaban J connectivity index is 2.17. The summed E-state index contributed by atoms with van der Waals surface area (Å²) in [6.45, 7) is 0.801. The van der Waals surface area contributed by atoms with Crippen molar-refractivity contribution in [1.29, 1.82) is 0 Å². The zero-order chi connectivity index (χ0) is 15.9. The molecule has 6 heteroatoms. The van der Waals surface area contributed by atoms with Crippen LogP contribution in [0.15, 0.2) is 36.4 Å². The minimum atomic E-state index is -0.221. The van der Waals surface area contributed by atoms with Gasteiger partial charge in [0.1, 0.15) is 5.69 Å². The van der Waals surface area contributed by atoms with Crippen LogP contribution in [-0.4, -0.2) is 40.3 Å². The van der Waals surface area contributed by atoms with Gasteiger partial charge in [0.15, 0.2) is 6.29 Å². The Morgan fingerprint density at radius 1 is 1.32 bits per heavy atom. The van der Waals surface area contributed by atoms with E-state index in [-0.39, 0.29) is 12.5 Å². The predicted molar refractivity (Wildman–Crippen MR) is 84.1 cm³/mol. The maximum absolute atomic E-state index is 12.5. The van der Waals surface area contributed by atoms with Gasteiger partial charge in [-0.25, -0.2) is 0 Å². The number of hydrogen-bond acceptors (Lipinski definition) is 3. The summed E-state index contributed by atoms with van der Waals surface area (Å²) in [5.74, 6) is -0.221. The van der Waals surface area contributed by atoms with Crippen LogP contribution in [0, 0.1) is 0 Å². The Kier molecular flexibility index (Phi) is 5.75. The van der Waals surface area contributed by atoms with Crippen molar-refractivity contribution in [3.8, 4) is 0 Å². The quantitative estimate of drug-likeness (QED) is 0.770. The standard InChI is InChI=1S/C16H17ClN2O3/c17-13-4-1-3-12(9-13)10-19(7-2-8-20)16(22)15-6-5-14(11-21)18-15/h1,3-6,9,11,18,20H,2,7-8,10H2. The number of hydrogen-bond donors (Lipinski definition) is 2. The van der Waals surface area contributed by atoms with Crippen molar-refractivity contribution >= 4 is 23.8 Å². The van der Waals surface area contributed by atoms with Gasteiger partial charge in [0, 0.05) is 24.7 Å². The Bertz CT molecular complexity index is 654. The van der Waals surface area contributed by atoms with Gasteiger partial charge >= 0.3 is 0 Å². The number of aliphatic hydroxyl groups is 1. The highest BCUT2D eigenvalue weighted by molar-refractivity contribution is 6.30. The van der Waals surface area contributed by atoms with Crippen LogP contribution < -0.4 is 0 Å². The summed E-state index contributed by atoms with van der Waals surface area (Å²) in [5.41, 5.74) is 1.61. The number of aldehydes is 1. The van der Waals surface area contributed by atoms with E-state index in [2.05, 4.69) is 4.98 Å². The number of aromatic amines is 1. The lowest BCUT2D eigenvalue weighted by atomic mass is 10.2. The molecule has 1 amide bonds. The fourth-order valence-corrected chi connectivity index (χ4v) is 2.36. The average Bonchev–Trinajstić information content (AvgIpc) is 3.00. The first kappa shape index (κ1) is 16.3. The van der Waals surface area contributed by atoms with Crippen LogP contribution in [-0.2, 0) is 6.54 Å². The molecule has 1 aromatic heterocycles. The number of rotatable bonds is 7. The highest BCUT2D eigenvalue weighted by Gasteiger charge is 2.17. The summed E-state index contributed by atoms with van der Waals surface area (Å²) >= 11 is 5.96. The largest absolute Gasteiger partial charge is 0.396 e. The molecule has 0 bridgehead atoms. The maximum atomic E-state index is 12.5. The summed E-state index contributed by atoms with van der Waals surface area (Å²) < 4.78 is 0. The predicted octanol–water partition coefficient (Wildman–Crippen LogP) is 2.51. The van der Waals surface area contributed by atoms with E-state index in [0.29, 0.717) is 42.2 Å². The van der Waals surface area contributed by atoms with E-state index in [1.807, 2.05) is 12.1 Å². The molecule has 1 heterocycles. The van der Waals surface area contributed by atoms with Crippen molar-refractivity contribution in [2.45, 2.75) is 13.0 Å². The number of H-pyrrole nitrogens is 1. The lowest BCUT2D eigenvalue weighted by Gasteiger charge is -2.22. The SMILES string of the molecule is O=Cc1ccc(C(=O)N(CCCO)Cc2cccc(Cl)c2)[nH]1. The molecule has 0 atom stereocenters. The van der Waals surface area contributed by atoms with Crippen molar-refractivity contribution in [3.63, 3.8) is 0 Å². The average molecular weight is 321 g/mol. The Morgan fingerprint density at radius 2 is 2.14 bits per heavy atom. The topological polar surface area (TPSA) is 73.4 Å². The van der Waals surface area contributed by atoms with Gasteiger partial charge in [-0.2, -0.15) is 0 Å². The number of aromatic nitrogens is 1. The van der Waals surface area contributed by atoms with Crippen molar-refractivity contribution in [1.82, 2.24) is 9.88 Å². The van der Waals surface area contributed by atoms with Crippen LogP contribution in [0.2, 0.25) is 5.02 Å². The number of aliphatic hydroxyl groups excluding tert-OH is 1. The van der Waals surface area contributed by atoms with Crippen molar-refractivity contribution in [2.24, 2.45) is 0 Å². The highest BCUT2D eigenvalue weighted by atomic mass is 35.5. The molecule has 2 aromatic rings. The van der Waals surface area contributed by atoms with Gasteiger partial charge in [-0.1, -0.05) is 23.7 Å². The van der Waals surface area contributed by atoms with Gasteiger partial charge in [-0.15, -0.1) is 0 Å². The van der Waals surface area contributed by atoms with E-state index in [0.717, 1.165) is 5.56 Å².